The Balaban J connectivity index is 2.89. The van der Waals surface area contributed by atoms with Crippen molar-refractivity contribution in [2.75, 3.05) is 5.73 Å². The molecule has 1 aliphatic heterocycles. The number of benzene rings is 1. The molecule has 0 aromatic heterocycles. The number of carbonyl (C=O) groups excluding carboxylic acids is 1. The highest BCUT2D eigenvalue weighted by Crippen LogP contribution is 2.12. The van der Waals surface area contributed by atoms with Crippen LogP contribution in [-0.4, -0.2) is 6.03 Å². The van der Waals surface area contributed by atoms with Crippen LogP contribution in [0.25, 0.3) is 0 Å². The number of carbonyl (C=O) groups is 1. The van der Waals surface area contributed by atoms with Gasteiger partial charge in [0.2, 0.25) is 0 Å². The molecule has 1 heterocycles. The van der Waals surface area contributed by atoms with E-state index in [1.165, 1.54) is 12.1 Å². The van der Waals surface area contributed by atoms with Gasteiger partial charge in [-0.15, -0.1) is 0 Å². The molecule has 2 amide bonds. The summed E-state index contributed by atoms with van der Waals surface area (Å²) in [6, 6.07) is 2.55. The third-order valence-corrected chi connectivity index (χ3v) is 1.85. The minimum absolute atomic E-state index is 0.391. The number of nitrogen functional groups attached to an aromatic ring is 1. The van der Waals surface area contributed by atoms with Gasteiger partial charge in [0.1, 0.15) is 0 Å². The first-order chi connectivity index (χ1) is 5.66. The molecule has 0 saturated carbocycles. The molecular formula is C7H4ClN3O. The van der Waals surface area contributed by atoms with Gasteiger partial charge in [0.05, 0.1) is 21.4 Å². The largest absolute Gasteiger partial charge is 0.397 e. The number of nitrogens with zero attached hydrogens (tertiary/aromatic N) is 2. The van der Waals surface area contributed by atoms with Gasteiger partial charge in [-0.1, -0.05) is 11.6 Å². The van der Waals surface area contributed by atoms with E-state index in [1.807, 2.05) is 0 Å². The van der Waals surface area contributed by atoms with Gasteiger partial charge >= 0.3 is 6.03 Å². The summed E-state index contributed by atoms with van der Waals surface area (Å²) in [7, 11) is 0. The van der Waals surface area contributed by atoms with E-state index in [2.05, 4.69) is 9.98 Å². The van der Waals surface area contributed by atoms with E-state index in [0.717, 1.165) is 0 Å². The van der Waals surface area contributed by atoms with Crippen molar-refractivity contribution in [1.29, 1.82) is 0 Å². The topological polar surface area (TPSA) is 67.8 Å². The molecule has 0 aliphatic carbocycles. The summed E-state index contributed by atoms with van der Waals surface area (Å²) in [6.45, 7) is 0. The van der Waals surface area contributed by atoms with E-state index in [0.29, 0.717) is 21.4 Å². The average molecular weight is 182 g/mol. The fraction of sp³-hybridized carbons (Fsp3) is 0. The van der Waals surface area contributed by atoms with Crippen molar-refractivity contribution < 1.29 is 4.79 Å². The molecule has 0 fully saturated rings. The van der Waals surface area contributed by atoms with Crippen LogP contribution in [0.15, 0.2) is 22.1 Å². The molecule has 0 spiro atoms. The van der Waals surface area contributed by atoms with Crippen LogP contribution >= 0.6 is 11.6 Å². The first-order valence-electron chi connectivity index (χ1n) is 3.23. The number of fused-ring (bicyclic) bond motifs is 1. The van der Waals surface area contributed by atoms with Crippen molar-refractivity contribution in [2.45, 2.75) is 0 Å². The highest BCUT2D eigenvalue weighted by atomic mass is 35.5. The van der Waals surface area contributed by atoms with Crippen LogP contribution in [0.4, 0.5) is 10.5 Å². The molecule has 60 valence electrons. The lowest BCUT2D eigenvalue weighted by Crippen LogP contribution is -2.21. The fourth-order valence-electron chi connectivity index (χ4n) is 0.978. The van der Waals surface area contributed by atoms with Crippen molar-refractivity contribution in [1.82, 2.24) is 0 Å². The quantitative estimate of drug-likeness (QED) is 0.585. The number of amides is 2. The first kappa shape index (κ1) is 7.24. The normalized spacial score (nSPS) is 13.6. The van der Waals surface area contributed by atoms with E-state index < -0.39 is 6.03 Å². The molecule has 2 rings (SSSR count). The molecule has 1 aromatic carbocycles. The predicted molar refractivity (Wildman–Crippen MR) is 43.6 cm³/mol. The molecule has 0 unspecified atom stereocenters. The molecular weight excluding hydrogens is 178 g/mol. The van der Waals surface area contributed by atoms with E-state index in [1.54, 1.807) is 0 Å². The SMILES string of the molecule is Nc1cc2c(cc1Cl)=NC(=O)N=2. The molecule has 0 radical (unpaired) electrons. The summed E-state index contributed by atoms with van der Waals surface area (Å²) in [5, 5.41) is 1.36. The van der Waals surface area contributed by atoms with Crippen LogP contribution in [0.5, 0.6) is 0 Å². The lowest BCUT2D eigenvalue weighted by Gasteiger charge is -1.92. The van der Waals surface area contributed by atoms with Crippen molar-refractivity contribution in [3.8, 4) is 0 Å². The van der Waals surface area contributed by atoms with Crippen molar-refractivity contribution >= 4 is 23.3 Å². The average Bonchev–Trinajstić information content (AvgIpc) is 2.30. The van der Waals surface area contributed by atoms with Crippen LogP contribution in [0, 0.1) is 0 Å². The zero-order valence-corrected chi connectivity index (χ0v) is 6.67. The van der Waals surface area contributed by atoms with Crippen LogP contribution < -0.4 is 16.4 Å². The monoisotopic (exact) mass is 181 g/mol. The Morgan fingerprint density at radius 1 is 1.25 bits per heavy atom. The Labute approximate surface area is 72.4 Å². The van der Waals surface area contributed by atoms with Gasteiger partial charge in [-0.2, -0.15) is 9.98 Å². The van der Waals surface area contributed by atoms with Crippen LogP contribution in [0.3, 0.4) is 0 Å². The number of hydrogen-bond acceptors (Lipinski definition) is 2. The molecule has 2 N–H and O–H groups in total. The van der Waals surface area contributed by atoms with Gasteiger partial charge in [-0.05, 0) is 12.1 Å². The number of hydrogen-bond donors (Lipinski definition) is 1. The summed E-state index contributed by atoms with van der Waals surface area (Å²) < 4.78 is 0. The molecule has 0 bridgehead atoms. The summed E-state index contributed by atoms with van der Waals surface area (Å²) in [4.78, 5) is 17.9. The summed E-state index contributed by atoms with van der Waals surface area (Å²) >= 11 is 5.70. The minimum atomic E-state index is -0.508. The van der Waals surface area contributed by atoms with E-state index in [4.69, 9.17) is 17.3 Å². The Bertz CT molecular complexity index is 437. The lowest BCUT2D eigenvalue weighted by molar-refractivity contribution is 0.256. The minimum Gasteiger partial charge on any atom is -0.397 e. The molecule has 0 atom stereocenters. The maximum atomic E-state index is 10.7. The number of rotatable bonds is 0. The molecule has 5 heteroatoms. The predicted octanol–water partition coefficient (Wildman–Crippen LogP) is 0.295. The molecule has 0 saturated heterocycles. The third-order valence-electron chi connectivity index (χ3n) is 1.53. The van der Waals surface area contributed by atoms with Gasteiger partial charge in [0, 0.05) is 0 Å². The Hall–Kier alpha value is -1.42. The first-order valence-corrected chi connectivity index (χ1v) is 3.61. The van der Waals surface area contributed by atoms with E-state index >= 15 is 0 Å². The Morgan fingerprint density at radius 2 is 1.83 bits per heavy atom. The van der Waals surface area contributed by atoms with Gasteiger partial charge in [-0.3, -0.25) is 0 Å². The van der Waals surface area contributed by atoms with Gasteiger partial charge in [0.25, 0.3) is 0 Å². The Kier molecular flexibility index (Phi) is 1.38. The molecule has 4 nitrogen and oxygen atoms in total. The Morgan fingerprint density at radius 3 is 2.50 bits per heavy atom. The van der Waals surface area contributed by atoms with Gasteiger partial charge in [0.15, 0.2) is 0 Å². The summed E-state index contributed by atoms with van der Waals surface area (Å²) in [5.41, 5.74) is 5.90. The second-order valence-corrected chi connectivity index (χ2v) is 2.78. The zero-order valence-electron chi connectivity index (χ0n) is 5.91. The zero-order chi connectivity index (χ0) is 8.72. The maximum absolute atomic E-state index is 10.7. The molecule has 12 heavy (non-hydrogen) atoms. The maximum Gasteiger partial charge on any atom is 0.368 e. The van der Waals surface area contributed by atoms with Crippen LogP contribution in [-0.2, 0) is 0 Å². The highest BCUT2D eigenvalue weighted by Gasteiger charge is 2.06. The number of urea groups is 1. The fourth-order valence-corrected chi connectivity index (χ4v) is 1.14. The van der Waals surface area contributed by atoms with E-state index in [-0.39, 0.29) is 0 Å². The van der Waals surface area contributed by atoms with Crippen molar-refractivity contribution in [3.63, 3.8) is 0 Å². The number of halogens is 1. The van der Waals surface area contributed by atoms with Crippen LogP contribution in [0.2, 0.25) is 5.02 Å². The van der Waals surface area contributed by atoms with Crippen LogP contribution in [0.1, 0.15) is 0 Å². The van der Waals surface area contributed by atoms with Crippen molar-refractivity contribution in [3.05, 3.63) is 27.9 Å². The summed E-state index contributed by atoms with van der Waals surface area (Å²) in [6.07, 6.45) is 0. The number of nitrogens with two attached hydrogens (primary N) is 1. The van der Waals surface area contributed by atoms with Gasteiger partial charge < -0.3 is 5.73 Å². The van der Waals surface area contributed by atoms with E-state index in [9.17, 15) is 4.79 Å². The molecule has 1 aromatic rings. The molecule has 1 aliphatic rings. The lowest BCUT2D eigenvalue weighted by atomic mass is 10.3. The second-order valence-electron chi connectivity index (χ2n) is 2.37. The second kappa shape index (κ2) is 2.28. The standard InChI is InChI=1S/C7H4ClN3O/c8-3-1-5-6(2-4(3)9)11-7(12)10-5/h1-2H,9H2. The van der Waals surface area contributed by atoms with Crippen molar-refractivity contribution in [2.24, 2.45) is 9.98 Å². The third kappa shape index (κ3) is 0.967. The highest BCUT2D eigenvalue weighted by molar-refractivity contribution is 6.33. The smallest absolute Gasteiger partial charge is 0.368 e. The summed E-state index contributed by atoms with van der Waals surface area (Å²) in [5.74, 6) is 0. The number of anilines is 1. The van der Waals surface area contributed by atoms with Gasteiger partial charge in [-0.25, -0.2) is 4.79 Å².